The highest BCUT2D eigenvalue weighted by Gasteiger charge is 2.33. The zero-order chi connectivity index (χ0) is 20.9. The topological polar surface area (TPSA) is 61.9 Å². The first kappa shape index (κ1) is 20.3. The van der Waals surface area contributed by atoms with Crippen molar-refractivity contribution in [2.45, 2.75) is 25.7 Å². The summed E-state index contributed by atoms with van der Waals surface area (Å²) in [6.07, 6.45) is 1.65. The highest BCUT2D eigenvalue weighted by atomic mass is 16.5. The molecule has 0 bridgehead atoms. The number of fused-ring (bicyclic) bond motifs is 1. The molecular weight excluding hydrogens is 378 g/mol. The van der Waals surface area contributed by atoms with E-state index in [0.29, 0.717) is 32.8 Å². The van der Waals surface area contributed by atoms with Crippen LogP contribution in [-0.2, 0) is 4.79 Å². The number of rotatable bonds is 4. The van der Waals surface area contributed by atoms with Crippen LogP contribution in [0, 0.1) is 5.92 Å². The smallest absolute Gasteiger partial charge is 0.324 e. The number of carbonyl (C=O) groups is 2. The predicted octanol–water partition coefficient (Wildman–Crippen LogP) is 3.64. The molecule has 2 aromatic carbocycles. The van der Waals surface area contributed by atoms with Gasteiger partial charge < -0.3 is 15.0 Å². The number of hydrogen-bond acceptors (Lipinski definition) is 3. The largest absolute Gasteiger partial charge is 0.490 e. The van der Waals surface area contributed by atoms with E-state index in [1.54, 1.807) is 4.90 Å². The summed E-state index contributed by atoms with van der Waals surface area (Å²) in [6, 6.07) is 17.8. The quantitative estimate of drug-likeness (QED) is 0.842. The second kappa shape index (κ2) is 9.20. The van der Waals surface area contributed by atoms with Crippen molar-refractivity contribution in [1.82, 2.24) is 10.2 Å². The van der Waals surface area contributed by atoms with Crippen LogP contribution in [0.5, 0.6) is 5.75 Å². The van der Waals surface area contributed by atoms with Crippen LogP contribution in [0.2, 0.25) is 0 Å². The summed E-state index contributed by atoms with van der Waals surface area (Å²) in [7, 11) is 0. The van der Waals surface area contributed by atoms with Crippen molar-refractivity contribution in [1.29, 1.82) is 0 Å². The number of likely N-dealkylation sites (tertiary alicyclic amines) is 1. The van der Waals surface area contributed by atoms with Crippen LogP contribution in [0.4, 0.5) is 10.5 Å². The third-order valence-corrected chi connectivity index (χ3v) is 5.97. The zero-order valence-corrected chi connectivity index (χ0v) is 17.4. The molecule has 4 rings (SSSR count). The first-order valence-electron chi connectivity index (χ1n) is 10.7. The van der Waals surface area contributed by atoms with Crippen molar-refractivity contribution in [2.75, 3.05) is 37.7 Å². The monoisotopic (exact) mass is 407 g/mol. The highest BCUT2D eigenvalue weighted by Crippen LogP contribution is 2.32. The predicted molar refractivity (Wildman–Crippen MR) is 117 cm³/mol. The summed E-state index contributed by atoms with van der Waals surface area (Å²) in [6.45, 7) is 4.87. The van der Waals surface area contributed by atoms with Gasteiger partial charge in [-0.05, 0) is 36.5 Å². The summed E-state index contributed by atoms with van der Waals surface area (Å²) in [5, 5.41) is 3.09. The molecule has 1 fully saturated rings. The SMILES string of the molecule is CC(CNC(=O)C1CCCN(C(=O)N2CCOc3ccccc32)C1)c1ccccc1. The van der Waals surface area contributed by atoms with Gasteiger partial charge in [0.15, 0.2) is 0 Å². The Morgan fingerprint density at radius 2 is 1.87 bits per heavy atom. The van der Waals surface area contributed by atoms with Crippen LogP contribution >= 0.6 is 0 Å². The lowest BCUT2D eigenvalue weighted by Gasteiger charge is -2.37. The van der Waals surface area contributed by atoms with Crippen LogP contribution < -0.4 is 15.0 Å². The maximum Gasteiger partial charge on any atom is 0.324 e. The van der Waals surface area contributed by atoms with Gasteiger partial charge in [0.1, 0.15) is 12.4 Å². The summed E-state index contributed by atoms with van der Waals surface area (Å²) in [5.74, 6) is 0.860. The van der Waals surface area contributed by atoms with Gasteiger partial charge in [0.25, 0.3) is 0 Å². The molecule has 2 unspecified atom stereocenters. The molecule has 2 aromatic rings. The number of carbonyl (C=O) groups excluding carboxylic acids is 2. The number of nitrogens with one attached hydrogen (secondary N) is 1. The van der Waals surface area contributed by atoms with E-state index in [2.05, 4.69) is 24.4 Å². The molecule has 158 valence electrons. The van der Waals surface area contributed by atoms with E-state index in [9.17, 15) is 9.59 Å². The molecule has 2 heterocycles. The van der Waals surface area contributed by atoms with Gasteiger partial charge >= 0.3 is 6.03 Å². The number of hydrogen-bond donors (Lipinski definition) is 1. The summed E-state index contributed by atoms with van der Waals surface area (Å²) in [5.41, 5.74) is 2.02. The minimum Gasteiger partial charge on any atom is -0.490 e. The van der Waals surface area contributed by atoms with E-state index in [4.69, 9.17) is 4.74 Å². The van der Waals surface area contributed by atoms with Crippen molar-refractivity contribution in [3.8, 4) is 5.75 Å². The lowest BCUT2D eigenvalue weighted by molar-refractivity contribution is -0.126. The Labute approximate surface area is 177 Å². The molecule has 0 aliphatic carbocycles. The summed E-state index contributed by atoms with van der Waals surface area (Å²) in [4.78, 5) is 29.6. The van der Waals surface area contributed by atoms with Crippen molar-refractivity contribution < 1.29 is 14.3 Å². The van der Waals surface area contributed by atoms with Crippen LogP contribution in [0.1, 0.15) is 31.2 Å². The fourth-order valence-corrected chi connectivity index (χ4v) is 4.20. The van der Waals surface area contributed by atoms with E-state index < -0.39 is 0 Å². The number of urea groups is 1. The standard InChI is InChI=1S/C24H29N3O3/c1-18(19-8-3-2-4-9-19)16-25-23(28)20-10-7-13-26(17-20)24(29)27-14-15-30-22-12-6-5-11-21(22)27/h2-6,8-9,11-12,18,20H,7,10,13-17H2,1H3,(H,25,28). The number of piperidine rings is 1. The molecule has 0 radical (unpaired) electrons. The molecule has 2 atom stereocenters. The van der Waals surface area contributed by atoms with E-state index in [1.807, 2.05) is 47.4 Å². The van der Waals surface area contributed by atoms with Crippen LogP contribution in [0.15, 0.2) is 54.6 Å². The van der Waals surface area contributed by atoms with Gasteiger partial charge in [-0.2, -0.15) is 0 Å². The number of nitrogens with zero attached hydrogens (tertiary/aromatic N) is 2. The van der Waals surface area contributed by atoms with Gasteiger partial charge in [0.05, 0.1) is 18.2 Å². The normalized spacial score (nSPS) is 19.4. The summed E-state index contributed by atoms with van der Waals surface area (Å²) < 4.78 is 5.66. The Morgan fingerprint density at radius 3 is 2.70 bits per heavy atom. The maximum absolute atomic E-state index is 13.2. The van der Waals surface area contributed by atoms with E-state index in [0.717, 1.165) is 24.3 Å². The minimum atomic E-state index is -0.165. The molecule has 0 saturated carbocycles. The Morgan fingerprint density at radius 1 is 1.10 bits per heavy atom. The molecule has 30 heavy (non-hydrogen) atoms. The van der Waals surface area contributed by atoms with Crippen LogP contribution in [0.25, 0.3) is 0 Å². The van der Waals surface area contributed by atoms with Gasteiger partial charge in [-0.25, -0.2) is 4.79 Å². The Kier molecular flexibility index (Phi) is 6.21. The molecule has 0 aromatic heterocycles. The van der Waals surface area contributed by atoms with E-state index in [1.165, 1.54) is 5.56 Å². The fourth-order valence-electron chi connectivity index (χ4n) is 4.20. The second-order valence-corrected chi connectivity index (χ2v) is 8.09. The number of anilines is 1. The molecular formula is C24H29N3O3. The van der Waals surface area contributed by atoms with Gasteiger partial charge in [-0.3, -0.25) is 9.69 Å². The van der Waals surface area contributed by atoms with E-state index in [-0.39, 0.29) is 23.8 Å². The van der Waals surface area contributed by atoms with E-state index >= 15 is 0 Å². The average Bonchev–Trinajstić information content (AvgIpc) is 2.82. The Balaban J connectivity index is 1.35. The third-order valence-electron chi connectivity index (χ3n) is 5.97. The fraction of sp³-hybridized carbons (Fsp3) is 0.417. The zero-order valence-electron chi connectivity index (χ0n) is 17.4. The molecule has 1 N–H and O–H groups in total. The Bertz CT molecular complexity index is 886. The molecule has 3 amide bonds. The van der Waals surface area contributed by atoms with Crippen molar-refractivity contribution in [2.24, 2.45) is 5.92 Å². The van der Waals surface area contributed by atoms with Gasteiger partial charge in [-0.15, -0.1) is 0 Å². The second-order valence-electron chi connectivity index (χ2n) is 8.09. The lowest BCUT2D eigenvalue weighted by Crippen LogP contribution is -2.52. The number of amides is 3. The van der Waals surface area contributed by atoms with Crippen LogP contribution in [0.3, 0.4) is 0 Å². The Hall–Kier alpha value is -3.02. The van der Waals surface area contributed by atoms with Crippen molar-refractivity contribution in [3.05, 3.63) is 60.2 Å². The van der Waals surface area contributed by atoms with Crippen LogP contribution in [-0.4, -0.2) is 49.6 Å². The number of benzene rings is 2. The first-order valence-corrected chi connectivity index (χ1v) is 10.7. The molecule has 0 spiro atoms. The van der Waals surface area contributed by atoms with Gasteiger partial charge in [-0.1, -0.05) is 49.4 Å². The molecule has 6 heteroatoms. The lowest BCUT2D eigenvalue weighted by atomic mass is 9.96. The number of para-hydroxylation sites is 2. The molecule has 2 aliphatic heterocycles. The van der Waals surface area contributed by atoms with Gasteiger partial charge in [0.2, 0.25) is 5.91 Å². The number of ether oxygens (including phenoxy) is 1. The summed E-state index contributed by atoms with van der Waals surface area (Å²) >= 11 is 0. The molecule has 6 nitrogen and oxygen atoms in total. The minimum absolute atomic E-state index is 0.0395. The maximum atomic E-state index is 13.2. The third kappa shape index (κ3) is 4.42. The van der Waals surface area contributed by atoms with Crippen molar-refractivity contribution in [3.63, 3.8) is 0 Å². The molecule has 1 saturated heterocycles. The highest BCUT2D eigenvalue weighted by molar-refractivity contribution is 5.94. The average molecular weight is 408 g/mol. The first-order chi connectivity index (χ1) is 14.6. The van der Waals surface area contributed by atoms with Gasteiger partial charge in [0, 0.05) is 19.6 Å². The molecule has 2 aliphatic rings. The van der Waals surface area contributed by atoms with Crippen molar-refractivity contribution >= 4 is 17.6 Å².